The fraction of sp³-hybridized carbons (Fsp3) is 0.120. The molecule has 3 aromatic carbocycles. The van der Waals surface area contributed by atoms with Crippen molar-refractivity contribution < 1.29 is 19.4 Å². The van der Waals surface area contributed by atoms with Crippen LogP contribution in [0.25, 0.3) is 11.3 Å². The number of benzene rings is 3. The van der Waals surface area contributed by atoms with Crippen LogP contribution in [0.3, 0.4) is 0 Å². The van der Waals surface area contributed by atoms with Crippen molar-refractivity contribution in [2.75, 3.05) is 19.1 Å². The zero-order valence-corrected chi connectivity index (χ0v) is 17.6. The van der Waals surface area contributed by atoms with Gasteiger partial charge in [-0.1, -0.05) is 36.4 Å². The van der Waals surface area contributed by atoms with Gasteiger partial charge in [0, 0.05) is 16.8 Å². The molecule has 0 saturated heterocycles. The Kier molecular flexibility index (Phi) is 4.78. The SMILES string of the molecule is COc1cccc(-c2n[nH]c3c2C(c2ccc(O)c(OC)c2)N(c2ccccc2)C3=O)c1. The number of para-hydroxylation sites is 1. The van der Waals surface area contributed by atoms with Gasteiger partial charge in [0.15, 0.2) is 11.5 Å². The number of hydrogen-bond donors (Lipinski definition) is 2. The van der Waals surface area contributed by atoms with Crippen LogP contribution in [0.1, 0.15) is 27.7 Å². The number of rotatable bonds is 5. The maximum absolute atomic E-state index is 13.5. The van der Waals surface area contributed by atoms with Crippen LogP contribution in [-0.2, 0) is 0 Å². The van der Waals surface area contributed by atoms with Crippen molar-refractivity contribution in [2.24, 2.45) is 0 Å². The summed E-state index contributed by atoms with van der Waals surface area (Å²) in [4.78, 5) is 15.3. The van der Waals surface area contributed by atoms with E-state index in [1.807, 2.05) is 54.6 Å². The van der Waals surface area contributed by atoms with Gasteiger partial charge in [-0.15, -0.1) is 0 Å². The summed E-state index contributed by atoms with van der Waals surface area (Å²) in [6.07, 6.45) is 0. The molecule has 0 aliphatic carbocycles. The van der Waals surface area contributed by atoms with Crippen molar-refractivity contribution in [1.82, 2.24) is 10.2 Å². The molecule has 5 rings (SSSR count). The molecule has 1 atom stereocenters. The van der Waals surface area contributed by atoms with Crippen LogP contribution < -0.4 is 14.4 Å². The maximum Gasteiger partial charge on any atom is 0.277 e. The fourth-order valence-corrected chi connectivity index (χ4v) is 4.17. The van der Waals surface area contributed by atoms with E-state index in [9.17, 15) is 9.90 Å². The van der Waals surface area contributed by atoms with Crippen molar-refractivity contribution in [1.29, 1.82) is 0 Å². The van der Waals surface area contributed by atoms with Gasteiger partial charge < -0.3 is 14.6 Å². The number of methoxy groups -OCH3 is 2. The van der Waals surface area contributed by atoms with Gasteiger partial charge in [0.1, 0.15) is 11.4 Å². The summed E-state index contributed by atoms with van der Waals surface area (Å²) in [5, 5.41) is 17.6. The van der Waals surface area contributed by atoms with E-state index >= 15 is 0 Å². The predicted molar refractivity (Wildman–Crippen MR) is 120 cm³/mol. The number of aromatic amines is 1. The summed E-state index contributed by atoms with van der Waals surface area (Å²) in [6.45, 7) is 0. The molecular weight excluding hydrogens is 406 g/mol. The monoisotopic (exact) mass is 427 g/mol. The van der Waals surface area contributed by atoms with E-state index in [1.165, 1.54) is 7.11 Å². The number of amides is 1. The minimum atomic E-state index is -0.464. The molecule has 7 heteroatoms. The molecule has 1 unspecified atom stereocenters. The second kappa shape index (κ2) is 7.77. The van der Waals surface area contributed by atoms with E-state index < -0.39 is 6.04 Å². The number of carbonyl (C=O) groups is 1. The van der Waals surface area contributed by atoms with Gasteiger partial charge in [-0.25, -0.2) is 0 Å². The second-order valence-electron chi connectivity index (χ2n) is 7.44. The maximum atomic E-state index is 13.5. The number of carbonyl (C=O) groups excluding carboxylic acids is 1. The molecule has 32 heavy (non-hydrogen) atoms. The van der Waals surface area contributed by atoms with Crippen molar-refractivity contribution in [3.8, 4) is 28.5 Å². The number of nitrogens with zero attached hydrogens (tertiary/aromatic N) is 2. The van der Waals surface area contributed by atoms with Crippen molar-refractivity contribution in [2.45, 2.75) is 6.04 Å². The number of aromatic hydroxyl groups is 1. The summed E-state index contributed by atoms with van der Waals surface area (Å²) in [5.74, 6) is 0.895. The largest absolute Gasteiger partial charge is 0.504 e. The van der Waals surface area contributed by atoms with Crippen LogP contribution in [0.2, 0.25) is 0 Å². The lowest BCUT2D eigenvalue weighted by atomic mass is 9.95. The summed E-state index contributed by atoms with van der Waals surface area (Å²) in [6, 6.07) is 21.7. The third-order valence-corrected chi connectivity index (χ3v) is 5.67. The van der Waals surface area contributed by atoms with Crippen LogP contribution in [0.5, 0.6) is 17.2 Å². The van der Waals surface area contributed by atoms with E-state index in [4.69, 9.17) is 9.47 Å². The minimum Gasteiger partial charge on any atom is -0.504 e. The number of aromatic nitrogens is 2. The van der Waals surface area contributed by atoms with Crippen LogP contribution in [-0.4, -0.2) is 35.4 Å². The van der Waals surface area contributed by atoms with Crippen LogP contribution in [0.15, 0.2) is 72.8 Å². The molecule has 0 saturated carbocycles. The Balaban J connectivity index is 1.73. The Morgan fingerprint density at radius 1 is 0.969 bits per heavy atom. The van der Waals surface area contributed by atoms with Crippen molar-refractivity contribution in [3.05, 3.63) is 89.6 Å². The minimum absolute atomic E-state index is 0.0345. The fourth-order valence-electron chi connectivity index (χ4n) is 4.17. The van der Waals surface area contributed by atoms with Crippen LogP contribution in [0, 0.1) is 0 Å². The summed E-state index contributed by atoms with van der Waals surface area (Å²) >= 11 is 0. The summed E-state index contributed by atoms with van der Waals surface area (Å²) < 4.78 is 10.7. The van der Waals surface area contributed by atoms with Crippen LogP contribution >= 0.6 is 0 Å². The van der Waals surface area contributed by atoms with Gasteiger partial charge in [0.25, 0.3) is 5.91 Å². The highest BCUT2D eigenvalue weighted by Gasteiger charge is 2.43. The first-order valence-corrected chi connectivity index (χ1v) is 10.1. The van der Waals surface area contributed by atoms with Gasteiger partial charge in [0.05, 0.1) is 26.0 Å². The summed E-state index contributed by atoms with van der Waals surface area (Å²) in [7, 11) is 3.11. The molecule has 1 aliphatic rings. The van der Waals surface area contributed by atoms with Gasteiger partial charge in [0.2, 0.25) is 0 Å². The molecular formula is C25H21N3O4. The molecule has 160 valence electrons. The number of phenols is 1. The Labute approximate surface area is 184 Å². The van der Waals surface area contributed by atoms with E-state index in [2.05, 4.69) is 10.2 Å². The first kappa shape index (κ1) is 19.7. The third kappa shape index (κ3) is 3.06. The third-order valence-electron chi connectivity index (χ3n) is 5.67. The van der Waals surface area contributed by atoms with E-state index in [0.29, 0.717) is 22.9 Å². The Bertz CT molecular complexity index is 1300. The molecule has 0 bridgehead atoms. The van der Waals surface area contributed by atoms with Crippen molar-refractivity contribution >= 4 is 11.6 Å². The standard InChI is InChI=1S/C25H21N3O4/c1-31-18-10-6-7-15(13-18)22-21-23(27-26-22)25(30)28(17-8-4-3-5-9-17)24(21)16-11-12-19(29)20(14-16)32-2/h3-14,24,29H,1-2H3,(H,26,27). The molecule has 0 radical (unpaired) electrons. The highest BCUT2D eigenvalue weighted by Crippen LogP contribution is 2.46. The first-order chi connectivity index (χ1) is 15.6. The van der Waals surface area contributed by atoms with Gasteiger partial charge >= 0.3 is 0 Å². The molecule has 1 aromatic heterocycles. The number of ether oxygens (including phenoxy) is 2. The molecule has 7 nitrogen and oxygen atoms in total. The normalized spacial score (nSPS) is 15.0. The van der Waals surface area contributed by atoms with E-state index in [-0.39, 0.29) is 11.7 Å². The van der Waals surface area contributed by atoms with E-state index in [0.717, 1.165) is 22.4 Å². The van der Waals surface area contributed by atoms with Crippen molar-refractivity contribution in [3.63, 3.8) is 0 Å². The molecule has 1 aliphatic heterocycles. The number of H-pyrrole nitrogens is 1. The highest BCUT2D eigenvalue weighted by molar-refractivity contribution is 6.11. The van der Waals surface area contributed by atoms with Crippen LogP contribution in [0.4, 0.5) is 5.69 Å². The molecule has 2 N–H and O–H groups in total. The molecule has 1 amide bonds. The summed E-state index contributed by atoms with van der Waals surface area (Å²) in [5.41, 5.74) is 4.25. The number of nitrogens with one attached hydrogen (secondary N) is 1. The zero-order valence-electron chi connectivity index (χ0n) is 17.6. The molecule has 0 fully saturated rings. The molecule has 0 spiro atoms. The Hall–Kier alpha value is -4.26. The van der Waals surface area contributed by atoms with Gasteiger partial charge in [-0.2, -0.15) is 5.10 Å². The lowest BCUT2D eigenvalue weighted by molar-refractivity contribution is 0.0988. The van der Waals surface area contributed by atoms with E-state index in [1.54, 1.807) is 30.2 Å². The van der Waals surface area contributed by atoms with Gasteiger partial charge in [-0.05, 0) is 42.0 Å². The molecule has 2 heterocycles. The number of anilines is 1. The average Bonchev–Trinajstić information content (AvgIpc) is 3.39. The highest BCUT2D eigenvalue weighted by atomic mass is 16.5. The Morgan fingerprint density at radius 3 is 2.53 bits per heavy atom. The topological polar surface area (TPSA) is 87.7 Å². The average molecular weight is 427 g/mol. The zero-order chi connectivity index (χ0) is 22.2. The number of phenolic OH excluding ortho intramolecular Hbond substituents is 1. The quantitative estimate of drug-likeness (QED) is 0.488. The predicted octanol–water partition coefficient (Wildman–Crippen LogP) is 4.55. The number of fused-ring (bicyclic) bond motifs is 1. The lowest BCUT2D eigenvalue weighted by Gasteiger charge is -2.27. The second-order valence-corrected chi connectivity index (χ2v) is 7.44. The lowest BCUT2D eigenvalue weighted by Crippen LogP contribution is -2.29. The smallest absolute Gasteiger partial charge is 0.277 e. The number of hydrogen-bond acceptors (Lipinski definition) is 5. The molecule has 4 aromatic rings. The Morgan fingerprint density at radius 2 is 1.78 bits per heavy atom. The first-order valence-electron chi connectivity index (χ1n) is 10.1. The van der Waals surface area contributed by atoms with Gasteiger partial charge in [-0.3, -0.25) is 14.8 Å².